The molecule has 2 rings (SSSR count). The van der Waals surface area contributed by atoms with Crippen LogP contribution in [0.5, 0.6) is 0 Å². The first-order valence-corrected chi connectivity index (χ1v) is 6.63. The van der Waals surface area contributed by atoms with Gasteiger partial charge in [-0.05, 0) is 23.8 Å². The minimum Gasteiger partial charge on any atom is -0.373 e. The van der Waals surface area contributed by atoms with Crippen molar-refractivity contribution in [2.75, 3.05) is 26.2 Å². The van der Waals surface area contributed by atoms with Gasteiger partial charge in [0.1, 0.15) is 0 Å². The fourth-order valence-corrected chi connectivity index (χ4v) is 2.04. The summed E-state index contributed by atoms with van der Waals surface area (Å²) in [5.74, 6) is -0.116. The number of rotatable bonds is 4. The Balaban J connectivity index is 1.96. The highest BCUT2D eigenvalue weighted by molar-refractivity contribution is 5.91. The smallest absolute Gasteiger partial charge is 0.269 e. The fraction of sp³-hybridized carbons (Fsp3) is 0.357. The molecule has 7 heteroatoms. The van der Waals surface area contributed by atoms with Gasteiger partial charge in [-0.2, -0.15) is 0 Å². The number of carbonyl (C=O) groups is 1. The zero-order valence-electron chi connectivity index (χ0n) is 11.5. The SMILES string of the molecule is NCC1CN(C(=O)/C=C/c2ccc([N+](=O)[O-])cc2)CCO1. The van der Waals surface area contributed by atoms with Gasteiger partial charge in [0.2, 0.25) is 5.91 Å². The van der Waals surface area contributed by atoms with Crippen LogP contribution in [0.2, 0.25) is 0 Å². The Hall–Kier alpha value is -2.25. The van der Waals surface area contributed by atoms with Gasteiger partial charge < -0.3 is 15.4 Å². The highest BCUT2D eigenvalue weighted by Crippen LogP contribution is 2.13. The Morgan fingerprint density at radius 1 is 1.48 bits per heavy atom. The number of hydrogen-bond donors (Lipinski definition) is 1. The highest BCUT2D eigenvalue weighted by atomic mass is 16.6. The van der Waals surface area contributed by atoms with Crippen molar-refractivity contribution in [1.82, 2.24) is 4.90 Å². The Bertz CT molecular complexity index is 542. The third kappa shape index (κ3) is 4.11. The summed E-state index contributed by atoms with van der Waals surface area (Å²) in [6.07, 6.45) is 2.98. The van der Waals surface area contributed by atoms with Gasteiger partial charge >= 0.3 is 0 Å². The molecule has 1 fully saturated rings. The molecule has 21 heavy (non-hydrogen) atoms. The molecule has 2 N–H and O–H groups in total. The largest absolute Gasteiger partial charge is 0.373 e. The highest BCUT2D eigenvalue weighted by Gasteiger charge is 2.21. The molecule has 1 aliphatic heterocycles. The molecule has 0 bridgehead atoms. The number of nitrogens with zero attached hydrogens (tertiary/aromatic N) is 2. The lowest BCUT2D eigenvalue weighted by Gasteiger charge is -2.31. The second kappa shape index (κ2) is 6.96. The molecule has 0 aromatic heterocycles. The molecule has 1 aromatic rings. The Morgan fingerprint density at radius 3 is 2.81 bits per heavy atom. The monoisotopic (exact) mass is 291 g/mol. The van der Waals surface area contributed by atoms with Crippen LogP contribution in [-0.2, 0) is 9.53 Å². The molecule has 1 saturated heterocycles. The van der Waals surface area contributed by atoms with Crippen LogP contribution in [0.3, 0.4) is 0 Å². The van der Waals surface area contributed by atoms with Gasteiger partial charge in [0, 0.05) is 37.8 Å². The van der Waals surface area contributed by atoms with Crippen LogP contribution < -0.4 is 5.73 Å². The van der Waals surface area contributed by atoms with E-state index in [0.29, 0.717) is 26.2 Å². The fourth-order valence-electron chi connectivity index (χ4n) is 2.04. The molecule has 1 amide bonds. The molecule has 7 nitrogen and oxygen atoms in total. The maximum absolute atomic E-state index is 12.0. The van der Waals surface area contributed by atoms with E-state index in [4.69, 9.17) is 10.5 Å². The van der Waals surface area contributed by atoms with E-state index < -0.39 is 4.92 Å². The second-order valence-electron chi connectivity index (χ2n) is 4.69. The van der Waals surface area contributed by atoms with Gasteiger partial charge in [-0.25, -0.2) is 0 Å². The average molecular weight is 291 g/mol. The van der Waals surface area contributed by atoms with Gasteiger partial charge in [-0.15, -0.1) is 0 Å². The number of non-ortho nitro benzene ring substituents is 1. The summed E-state index contributed by atoms with van der Waals surface area (Å²) in [6.45, 7) is 1.90. The van der Waals surface area contributed by atoms with E-state index in [2.05, 4.69) is 0 Å². The molecular formula is C14H17N3O4. The van der Waals surface area contributed by atoms with Crippen molar-refractivity contribution in [3.8, 4) is 0 Å². The first kappa shape index (κ1) is 15.1. The number of carbonyl (C=O) groups excluding carboxylic acids is 1. The zero-order valence-corrected chi connectivity index (χ0v) is 11.5. The minimum atomic E-state index is -0.459. The van der Waals surface area contributed by atoms with Crippen LogP contribution in [0.4, 0.5) is 5.69 Å². The molecule has 0 aliphatic carbocycles. The maximum atomic E-state index is 12.0. The Labute approximate surface area is 122 Å². The van der Waals surface area contributed by atoms with E-state index in [1.807, 2.05) is 0 Å². The number of nitrogens with two attached hydrogens (primary N) is 1. The minimum absolute atomic E-state index is 0.0254. The molecular weight excluding hydrogens is 274 g/mol. The topological polar surface area (TPSA) is 98.7 Å². The standard InChI is InChI=1S/C14H17N3O4/c15-9-13-10-16(7-8-21-13)14(18)6-3-11-1-4-12(5-2-11)17(19)20/h1-6,13H,7-10,15H2/b6-3+. The van der Waals surface area contributed by atoms with E-state index in [9.17, 15) is 14.9 Å². The predicted octanol–water partition coefficient (Wildman–Crippen LogP) is 0.794. The summed E-state index contributed by atoms with van der Waals surface area (Å²) in [6, 6.07) is 6.01. The summed E-state index contributed by atoms with van der Waals surface area (Å²) in [5, 5.41) is 10.5. The predicted molar refractivity (Wildman–Crippen MR) is 77.5 cm³/mol. The van der Waals surface area contributed by atoms with Gasteiger partial charge in [0.25, 0.3) is 5.69 Å². The Kier molecular flexibility index (Phi) is 5.02. The molecule has 0 spiro atoms. The van der Waals surface area contributed by atoms with E-state index in [0.717, 1.165) is 5.56 Å². The number of morpholine rings is 1. The summed E-state index contributed by atoms with van der Waals surface area (Å²) in [4.78, 5) is 23.8. The normalized spacial score (nSPS) is 18.9. The maximum Gasteiger partial charge on any atom is 0.269 e. The van der Waals surface area contributed by atoms with Crippen LogP contribution in [0.1, 0.15) is 5.56 Å². The quantitative estimate of drug-likeness (QED) is 0.502. The van der Waals surface area contributed by atoms with Crippen molar-refractivity contribution in [2.24, 2.45) is 5.73 Å². The van der Waals surface area contributed by atoms with Crippen molar-refractivity contribution in [2.45, 2.75) is 6.10 Å². The second-order valence-corrected chi connectivity index (χ2v) is 4.69. The van der Waals surface area contributed by atoms with Gasteiger partial charge in [0.05, 0.1) is 17.6 Å². The molecule has 0 saturated carbocycles. The van der Waals surface area contributed by atoms with Gasteiger partial charge in [0.15, 0.2) is 0 Å². The zero-order chi connectivity index (χ0) is 15.2. The summed E-state index contributed by atoms with van der Waals surface area (Å²) in [7, 11) is 0. The molecule has 1 unspecified atom stereocenters. The van der Waals surface area contributed by atoms with E-state index >= 15 is 0 Å². The third-order valence-corrected chi connectivity index (χ3v) is 3.24. The molecule has 1 heterocycles. The number of amides is 1. The lowest BCUT2D eigenvalue weighted by atomic mass is 10.2. The number of hydrogen-bond acceptors (Lipinski definition) is 5. The Morgan fingerprint density at radius 2 is 2.19 bits per heavy atom. The number of ether oxygens (including phenoxy) is 1. The van der Waals surface area contributed by atoms with Crippen molar-refractivity contribution in [3.63, 3.8) is 0 Å². The molecule has 0 radical (unpaired) electrons. The summed E-state index contributed by atoms with van der Waals surface area (Å²) >= 11 is 0. The lowest BCUT2D eigenvalue weighted by Crippen LogP contribution is -2.47. The van der Waals surface area contributed by atoms with E-state index in [1.165, 1.54) is 18.2 Å². The number of benzene rings is 1. The summed E-state index contributed by atoms with van der Waals surface area (Å²) in [5.41, 5.74) is 6.29. The molecule has 112 valence electrons. The average Bonchev–Trinajstić information content (AvgIpc) is 2.53. The molecule has 1 aliphatic rings. The van der Waals surface area contributed by atoms with E-state index in [-0.39, 0.29) is 17.7 Å². The van der Waals surface area contributed by atoms with Crippen molar-refractivity contribution in [1.29, 1.82) is 0 Å². The number of nitro benzene ring substituents is 1. The van der Waals surface area contributed by atoms with Crippen molar-refractivity contribution >= 4 is 17.7 Å². The van der Waals surface area contributed by atoms with Crippen LogP contribution >= 0.6 is 0 Å². The van der Waals surface area contributed by atoms with Crippen LogP contribution in [0.25, 0.3) is 6.08 Å². The van der Waals surface area contributed by atoms with Crippen LogP contribution in [0.15, 0.2) is 30.3 Å². The molecule has 1 atom stereocenters. The summed E-state index contributed by atoms with van der Waals surface area (Å²) < 4.78 is 5.40. The van der Waals surface area contributed by atoms with Crippen molar-refractivity contribution < 1.29 is 14.5 Å². The molecule has 1 aromatic carbocycles. The van der Waals surface area contributed by atoms with E-state index in [1.54, 1.807) is 23.1 Å². The third-order valence-electron chi connectivity index (χ3n) is 3.24. The first-order chi connectivity index (χ1) is 10.1. The lowest BCUT2D eigenvalue weighted by molar-refractivity contribution is -0.384. The van der Waals surface area contributed by atoms with Gasteiger partial charge in [-0.3, -0.25) is 14.9 Å². The van der Waals surface area contributed by atoms with Crippen molar-refractivity contribution in [3.05, 3.63) is 46.0 Å². The first-order valence-electron chi connectivity index (χ1n) is 6.63. The van der Waals surface area contributed by atoms with Crippen LogP contribution in [-0.4, -0.2) is 48.1 Å². The number of nitro groups is 1. The van der Waals surface area contributed by atoms with Crippen LogP contribution in [0, 0.1) is 10.1 Å². The van der Waals surface area contributed by atoms with Gasteiger partial charge in [-0.1, -0.05) is 0 Å².